The molecule has 0 radical (unpaired) electrons. The van der Waals surface area contributed by atoms with E-state index in [0.29, 0.717) is 31.4 Å². The average molecular weight is 625 g/mol. The van der Waals surface area contributed by atoms with Crippen LogP contribution >= 0.6 is 0 Å². The minimum Gasteiger partial charge on any atom is -0.297 e. The van der Waals surface area contributed by atoms with Crippen LogP contribution in [0.4, 0.5) is 4.39 Å². The molecule has 1 aliphatic heterocycles. The molecule has 0 unspecified atom stereocenters. The van der Waals surface area contributed by atoms with E-state index in [1.807, 2.05) is 36.3 Å². The van der Waals surface area contributed by atoms with Crippen molar-refractivity contribution in [3.63, 3.8) is 0 Å². The molecule has 3 heterocycles. The third-order valence-corrected chi connectivity index (χ3v) is 10.5. The summed E-state index contributed by atoms with van der Waals surface area (Å²) < 4.78 is 17.2. The summed E-state index contributed by atoms with van der Waals surface area (Å²) in [7, 11) is 4.09. The Kier molecular flexibility index (Phi) is 7.28. The number of pyridine rings is 1. The Morgan fingerprint density at radius 1 is 0.935 bits per heavy atom. The van der Waals surface area contributed by atoms with Crippen molar-refractivity contribution in [3.05, 3.63) is 93.0 Å². The molecule has 2 aromatic heterocycles. The first-order valence-corrected chi connectivity index (χ1v) is 16.2. The van der Waals surface area contributed by atoms with Crippen molar-refractivity contribution in [2.45, 2.75) is 89.0 Å². The highest BCUT2D eigenvalue weighted by atomic mass is 19.1. The first kappa shape index (κ1) is 30.5. The van der Waals surface area contributed by atoms with Gasteiger partial charge in [0, 0.05) is 31.2 Å². The molecule has 0 N–H and O–H groups in total. The molecule has 2 aliphatic carbocycles. The molecular weight excluding hydrogens is 583 g/mol. The second-order valence-corrected chi connectivity index (χ2v) is 14.3. The fraction of sp³-hybridized carbons (Fsp3) is 0.444. The van der Waals surface area contributed by atoms with Gasteiger partial charge in [-0.2, -0.15) is 0 Å². The lowest BCUT2D eigenvalue weighted by atomic mass is 9.89. The van der Waals surface area contributed by atoms with Crippen molar-refractivity contribution in [1.29, 1.82) is 0 Å². The Bertz CT molecular complexity index is 1950. The van der Waals surface area contributed by atoms with E-state index in [1.54, 1.807) is 0 Å². The molecule has 46 heavy (non-hydrogen) atoms. The smallest absolute Gasteiger partial charge is 0.297 e. The van der Waals surface area contributed by atoms with Crippen molar-refractivity contribution >= 4 is 16.9 Å². The third-order valence-electron chi connectivity index (χ3n) is 10.5. The number of rotatable bonds is 6. The minimum atomic E-state index is -0.635. The maximum absolute atomic E-state index is 14.5. The van der Waals surface area contributed by atoms with Crippen molar-refractivity contribution in [2.75, 3.05) is 14.1 Å². The number of halogens is 1. The SMILES string of the molecule is CN(Cc1ccc(-c2cccc(-n3c(=O)n(C4CCC(N5C(=O)C6(CC6)N5C)CC4)c(=O)c4cc(F)cnc43)c2)cc1)C(C)(C)C. The molecular formula is C36H41FN6O3. The van der Waals surface area contributed by atoms with Crippen LogP contribution < -0.4 is 11.2 Å². The van der Waals surface area contributed by atoms with Crippen LogP contribution in [0.15, 0.2) is 70.4 Å². The first-order chi connectivity index (χ1) is 21.9. The Hall–Kier alpha value is -4.15. The number of hydrazine groups is 1. The second kappa shape index (κ2) is 11.0. The van der Waals surface area contributed by atoms with Gasteiger partial charge in [-0.15, -0.1) is 0 Å². The molecule has 2 aromatic carbocycles. The fourth-order valence-electron chi connectivity index (χ4n) is 7.15. The summed E-state index contributed by atoms with van der Waals surface area (Å²) in [6.07, 6.45) is 5.35. The molecule has 1 saturated heterocycles. The summed E-state index contributed by atoms with van der Waals surface area (Å²) in [5, 5.41) is 4.01. The van der Waals surface area contributed by atoms with Crippen molar-refractivity contribution in [3.8, 4) is 16.8 Å². The molecule has 7 rings (SSSR count). The zero-order valence-corrected chi connectivity index (χ0v) is 27.2. The average Bonchev–Trinajstić information content (AvgIpc) is 3.87. The van der Waals surface area contributed by atoms with Crippen LogP contribution in [0.2, 0.25) is 0 Å². The van der Waals surface area contributed by atoms with Gasteiger partial charge in [-0.05, 0) is 101 Å². The van der Waals surface area contributed by atoms with E-state index in [1.165, 1.54) is 20.8 Å². The number of likely N-dealkylation sites (N-methyl/N-ethyl adjacent to an activating group) is 1. The van der Waals surface area contributed by atoms with Crippen molar-refractivity contribution in [2.24, 2.45) is 0 Å². The summed E-state index contributed by atoms with van der Waals surface area (Å²) in [5.74, 6) is -0.443. The van der Waals surface area contributed by atoms with Crippen LogP contribution in [0.25, 0.3) is 27.8 Å². The summed E-state index contributed by atoms with van der Waals surface area (Å²) >= 11 is 0. The largest absolute Gasteiger partial charge is 0.337 e. The maximum atomic E-state index is 14.5. The maximum Gasteiger partial charge on any atom is 0.337 e. The molecule has 4 aromatic rings. The number of carbonyl (C=O) groups excluding carboxylic acids is 1. The lowest BCUT2D eigenvalue weighted by Crippen LogP contribution is -2.72. The molecule has 3 fully saturated rings. The van der Waals surface area contributed by atoms with Gasteiger partial charge in [-0.1, -0.05) is 36.4 Å². The van der Waals surface area contributed by atoms with Crippen LogP contribution in [0.5, 0.6) is 0 Å². The summed E-state index contributed by atoms with van der Waals surface area (Å²) in [6, 6.07) is 16.8. The van der Waals surface area contributed by atoms with Gasteiger partial charge >= 0.3 is 5.69 Å². The van der Waals surface area contributed by atoms with Crippen LogP contribution in [-0.2, 0) is 11.3 Å². The summed E-state index contributed by atoms with van der Waals surface area (Å²) in [5.41, 5.74) is 2.52. The Morgan fingerprint density at radius 3 is 2.24 bits per heavy atom. The first-order valence-electron chi connectivity index (χ1n) is 16.2. The highest BCUT2D eigenvalue weighted by Crippen LogP contribution is 2.52. The van der Waals surface area contributed by atoms with Crippen LogP contribution in [-0.4, -0.2) is 66.2 Å². The molecule has 1 amide bonds. The molecule has 0 atom stereocenters. The van der Waals surface area contributed by atoms with Gasteiger partial charge in [0.05, 0.1) is 17.3 Å². The number of benzene rings is 2. The molecule has 0 bridgehead atoms. The number of hydrogen-bond acceptors (Lipinski definition) is 6. The molecule has 240 valence electrons. The van der Waals surface area contributed by atoms with Gasteiger partial charge in [0.1, 0.15) is 11.4 Å². The summed E-state index contributed by atoms with van der Waals surface area (Å²) in [6.45, 7) is 7.38. The highest BCUT2D eigenvalue weighted by Gasteiger charge is 2.66. The van der Waals surface area contributed by atoms with E-state index in [-0.39, 0.29) is 40.1 Å². The number of amides is 1. The quantitative estimate of drug-likeness (QED) is 0.290. The van der Waals surface area contributed by atoms with E-state index in [9.17, 15) is 18.8 Å². The highest BCUT2D eigenvalue weighted by molar-refractivity contribution is 5.94. The van der Waals surface area contributed by atoms with Gasteiger partial charge in [-0.3, -0.25) is 24.1 Å². The van der Waals surface area contributed by atoms with E-state index in [4.69, 9.17) is 0 Å². The number of nitrogens with zero attached hydrogens (tertiary/aromatic N) is 6. The predicted octanol–water partition coefficient (Wildman–Crippen LogP) is 5.29. The van der Waals surface area contributed by atoms with E-state index >= 15 is 0 Å². The number of aromatic nitrogens is 3. The number of fused-ring (bicyclic) bond motifs is 1. The molecule has 3 aliphatic rings. The van der Waals surface area contributed by atoms with Gasteiger partial charge in [0.25, 0.3) is 11.5 Å². The van der Waals surface area contributed by atoms with E-state index in [2.05, 4.69) is 67.0 Å². The lowest BCUT2D eigenvalue weighted by Gasteiger charge is -2.53. The second-order valence-electron chi connectivity index (χ2n) is 14.3. The lowest BCUT2D eigenvalue weighted by molar-refractivity contribution is -0.207. The van der Waals surface area contributed by atoms with Crippen LogP contribution in [0, 0.1) is 5.82 Å². The van der Waals surface area contributed by atoms with Gasteiger partial charge in [0.15, 0.2) is 5.65 Å². The molecule has 9 nitrogen and oxygen atoms in total. The topological polar surface area (TPSA) is 83.7 Å². The van der Waals surface area contributed by atoms with Crippen molar-refractivity contribution < 1.29 is 9.18 Å². The molecule has 2 saturated carbocycles. The standard InChI is InChI=1S/C36H41FN6O3/c1-35(2,3)39(4)22-23-9-11-24(12-10-23)25-7-6-8-29(19-25)41-31-30(20-26(37)21-38-31)32(44)42(34(41)46)27-13-15-28(16-14-27)43-33(45)36(17-18-36)40(43)5/h6-12,19-21,27-28H,13-18,22H2,1-5H3. The number of hydrogen-bond donors (Lipinski definition) is 0. The fourth-order valence-corrected chi connectivity index (χ4v) is 7.15. The third kappa shape index (κ3) is 4.98. The van der Waals surface area contributed by atoms with Gasteiger partial charge < -0.3 is 0 Å². The Morgan fingerprint density at radius 2 is 1.61 bits per heavy atom. The van der Waals surface area contributed by atoms with Gasteiger partial charge in [0.2, 0.25) is 0 Å². The summed E-state index contributed by atoms with van der Waals surface area (Å²) in [4.78, 5) is 47.4. The monoisotopic (exact) mass is 624 g/mol. The zero-order valence-electron chi connectivity index (χ0n) is 27.2. The van der Waals surface area contributed by atoms with Crippen LogP contribution in [0.1, 0.15) is 70.9 Å². The Balaban J connectivity index is 1.21. The molecule has 10 heteroatoms. The predicted molar refractivity (Wildman–Crippen MR) is 176 cm³/mol. The van der Waals surface area contributed by atoms with Crippen molar-refractivity contribution in [1.82, 2.24) is 29.0 Å². The van der Waals surface area contributed by atoms with Gasteiger partial charge in [-0.25, -0.2) is 23.7 Å². The normalized spacial score (nSPS) is 21.3. The van der Waals surface area contributed by atoms with E-state index in [0.717, 1.165) is 36.7 Å². The Labute approximate surface area is 267 Å². The minimum absolute atomic E-state index is 0.0504. The number of carbonyl (C=O) groups is 1. The van der Waals surface area contributed by atoms with Crippen LogP contribution in [0.3, 0.4) is 0 Å². The molecule has 1 spiro atoms. The van der Waals surface area contributed by atoms with E-state index < -0.39 is 17.1 Å². The zero-order chi connectivity index (χ0) is 32.5.